The molecule has 3 N–H and O–H groups in total. The second kappa shape index (κ2) is 10.3. The predicted octanol–water partition coefficient (Wildman–Crippen LogP) is 3.36. The van der Waals surface area contributed by atoms with Crippen LogP contribution in [0.15, 0.2) is 54.6 Å². The highest BCUT2D eigenvalue weighted by Crippen LogP contribution is 2.41. The lowest BCUT2D eigenvalue weighted by atomic mass is 9.89. The maximum absolute atomic E-state index is 12.9. The molecule has 1 saturated heterocycles. The fourth-order valence-corrected chi connectivity index (χ4v) is 4.54. The molecule has 1 amide bonds. The topological polar surface area (TPSA) is 67.6 Å². The monoisotopic (exact) mass is 429 g/mol. The summed E-state index contributed by atoms with van der Waals surface area (Å²) < 4.78 is 5.26. The van der Waals surface area contributed by atoms with E-state index in [0.717, 1.165) is 24.4 Å². The molecule has 1 aliphatic heterocycles. The van der Waals surface area contributed by atoms with Gasteiger partial charge in [0.25, 0.3) is 0 Å². The molecule has 2 aromatic rings. The summed E-state index contributed by atoms with van der Waals surface area (Å²) in [4.78, 5) is 15.1. The minimum atomic E-state index is 0. The van der Waals surface area contributed by atoms with E-state index in [1.807, 2.05) is 18.2 Å². The van der Waals surface area contributed by atoms with Crippen molar-refractivity contribution in [3.8, 4) is 5.75 Å². The van der Waals surface area contributed by atoms with Crippen LogP contribution in [-0.4, -0.2) is 44.1 Å². The average Bonchev–Trinajstić information content (AvgIpc) is 3.52. The van der Waals surface area contributed by atoms with Gasteiger partial charge in [0.2, 0.25) is 5.91 Å². The summed E-state index contributed by atoms with van der Waals surface area (Å²) in [6.07, 6.45) is 2.35. The van der Waals surface area contributed by atoms with Crippen LogP contribution in [0, 0.1) is 11.8 Å². The van der Waals surface area contributed by atoms with E-state index in [1.165, 1.54) is 18.4 Å². The van der Waals surface area contributed by atoms with Crippen LogP contribution in [0.5, 0.6) is 5.75 Å². The molecule has 3 atom stereocenters. The number of methoxy groups -OCH3 is 1. The summed E-state index contributed by atoms with van der Waals surface area (Å²) >= 11 is 0. The highest BCUT2D eigenvalue weighted by Gasteiger charge is 2.36. The predicted molar refractivity (Wildman–Crippen MR) is 122 cm³/mol. The third-order valence-electron chi connectivity index (χ3n) is 6.30. The number of hydrogen-bond donors (Lipinski definition) is 2. The summed E-state index contributed by atoms with van der Waals surface area (Å²) in [5.74, 6) is 2.27. The first-order chi connectivity index (χ1) is 14.2. The van der Waals surface area contributed by atoms with E-state index in [0.29, 0.717) is 30.8 Å². The number of hydrogen-bond acceptors (Lipinski definition) is 4. The van der Waals surface area contributed by atoms with Gasteiger partial charge in [0.15, 0.2) is 0 Å². The molecule has 2 aliphatic rings. The summed E-state index contributed by atoms with van der Waals surface area (Å²) in [6, 6.07) is 18.7. The molecular weight excluding hydrogens is 398 g/mol. The number of carbonyl (C=O) groups excluding carboxylic acids is 1. The quantitative estimate of drug-likeness (QED) is 0.675. The van der Waals surface area contributed by atoms with Crippen molar-refractivity contribution < 1.29 is 9.53 Å². The summed E-state index contributed by atoms with van der Waals surface area (Å²) in [7, 11) is 1.67. The second-order valence-corrected chi connectivity index (χ2v) is 8.36. The molecule has 1 unspecified atom stereocenters. The third-order valence-corrected chi connectivity index (χ3v) is 6.30. The van der Waals surface area contributed by atoms with E-state index >= 15 is 0 Å². The number of halogens is 1. The number of nitrogens with one attached hydrogen (secondary N) is 1. The third kappa shape index (κ3) is 5.34. The van der Waals surface area contributed by atoms with Crippen molar-refractivity contribution in [3.63, 3.8) is 0 Å². The Morgan fingerprint density at radius 3 is 2.43 bits per heavy atom. The number of rotatable bonds is 8. The van der Waals surface area contributed by atoms with Crippen molar-refractivity contribution in [3.05, 3.63) is 65.7 Å². The van der Waals surface area contributed by atoms with Crippen LogP contribution in [0.2, 0.25) is 0 Å². The molecule has 0 bridgehead atoms. The number of benzene rings is 2. The van der Waals surface area contributed by atoms with E-state index in [9.17, 15) is 4.79 Å². The Hall–Kier alpha value is -2.08. The first-order valence-corrected chi connectivity index (χ1v) is 10.6. The SMILES string of the molecule is COc1ccc(C(NC(=O)CN2C[C@@H](CN)[C@H](c3ccccc3)C2)C2CC2)cc1.Cl. The fourth-order valence-electron chi connectivity index (χ4n) is 4.54. The average molecular weight is 430 g/mol. The van der Waals surface area contributed by atoms with Gasteiger partial charge < -0.3 is 15.8 Å². The Balaban J connectivity index is 0.00000256. The molecule has 2 fully saturated rings. The first-order valence-electron chi connectivity index (χ1n) is 10.6. The van der Waals surface area contributed by atoms with E-state index in [1.54, 1.807) is 7.11 Å². The summed E-state index contributed by atoms with van der Waals surface area (Å²) in [6.45, 7) is 2.84. The molecule has 1 saturated carbocycles. The minimum Gasteiger partial charge on any atom is -0.497 e. The van der Waals surface area contributed by atoms with Gasteiger partial charge in [0, 0.05) is 19.0 Å². The van der Waals surface area contributed by atoms with Crippen molar-refractivity contribution in [2.24, 2.45) is 17.6 Å². The van der Waals surface area contributed by atoms with Crippen LogP contribution in [0.25, 0.3) is 0 Å². The van der Waals surface area contributed by atoms with Crippen molar-refractivity contribution in [2.75, 3.05) is 33.3 Å². The smallest absolute Gasteiger partial charge is 0.234 e. The Kier molecular flexibility index (Phi) is 7.75. The number of nitrogens with zero attached hydrogens (tertiary/aromatic N) is 1. The molecule has 5 nitrogen and oxygen atoms in total. The van der Waals surface area contributed by atoms with Gasteiger partial charge in [0.1, 0.15) is 5.75 Å². The molecule has 6 heteroatoms. The van der Waals surface area contributed by atoms with Crippen LogP contribution in [0.4, 0.5) is 0 Å². The first kappa shape index (κ1) is 22.6. The minimum absolute atomic E-state index is 0. The van der Waals surface area contributed by atoms with E-state index in [-0.39, 0.29) is 24.4 Å². The molecule has 30 heavy (non-hydrogen) atoms. The molecule has 1 aliphatic carbocycles. The summed E-state index contributed by atoms with van der Waals surface area (Å²) in [5.41, 5.74) is 8.52. The van der Waals surface area contributed by atoms with Crippen molar-refractivity contribution in [1.29, 1.82) is 0 Å². The highest BCUT2D eigenvalue weighted by molar-refractivity contribution is 5.85. The van der Waals surface area contributed by atoms with Crippen LogP contribution in [0.1, 0.15) is 35.9 Å². The van der Waals surface area contributed by atoms with E-state index in [2.05, 4.69) is 46.6 Å². The van der Waals surface area contributed by atoms with Gasteiger partial charge in [-0.05, 0) is 54.5 Å². The lowest BCUT2D eigenvalue weighted by Gasteiger charge is -2.22. The number of likely N-dealkylation sites (tertiary alicyclic amines) is 1. The van der Waals surface area contributed by atoms with E-state index < -0.39 is 0 Å². The second-order valence-electron chi connectivity index (χ2n) is 8.36. The Bertz CT molecular complexity index is 811. The number of amides is 1. The fraction of sp³-hybridized carbons (Fsp3) is 0.458. The van der Waals surface area contributed by atoms with Gasteiger partial charge in [-0.1, -0.05) is 42.5 Å². The normalized spacial score (nSPS) is 22.2. The Morgan fingerprint density at radius 2 is 1.83 bits per heavy atom. The van der Waals surface area contributed by atoms with Crippen molar-refractivity contribution in [1.82, 2.24) is 10.2 Å². The van der Waals surface area contributed by atoms with Crippen molar-refractivity contribution >= 4 is 18.3 Å². The number of nitrogens with two attached hydrogens (primary N) is 1. The molecule has 0 radical (unpaired) electrons. The molecule has 4 rings (SSSR count). The van der Waals surface area contributed by atoms with Crippen LogP contribution in [-0.2, 0) is 4.79 Å². The lowest BCUT2D eigenvalue weighted by molar-refractivity contribution is -0.123. The van der Waals surface area contributed by atoms with Gasteiger partial charge >= 0.3 is 0 Å². The Labute approximate surface area is 185 Å². The largest absolute Gasteiger partial charge is 0.497 e. The van der Waals surface area contributed by atoms with Gasteiger partial charge in [-0.3, -0.25) is 9.69 Å². The molecular formula is C24H32ClN3O2. The van der Waals surface area contributed by atoms with Crippen LogP contribution >= 0.6 is 12.4 Å². The highest BCUT2D eigenvalue weighted by atomic mass is 35.5. The Morgan fingerprint density at radius 1 is 1.13 bits per heavy atom. The standard InChI is InChI=1S/C24H31N3O2.ClH/c1-29-21-11-9-19(10-12-21)24(18-7-8-18)26-23(28)16-27-14-20(13-25)22(15-27)17-5-3-2-4-6-17;/h2-6,9-12,18,20,22,24H,7-8,13-16,25H2,1H3,(H,26,28);1H/t20-,22+,24?;/m1./s1. The molecule has 0 spiro atoms. The molecule has 1 heterocycles. The van der Waals surface area contributed by atoms with E-state index in [4.69, 9.17) is 10.5 Å². The molecule has 0 aromatic heterocycles. The maximum atomic E-state index is 12.9. The van der Waals surface area contributed by atoms with Crippen LogP contribution < -0.4 is 15.8 Å². The zero-order chi connectivity index (χ0) is 20.2. The lowest BCUT2D eigenvalue weighted by Crippen LogP contribution is -2.39. The maximum Gasteiger partial charge on any atom is 0.234 e. The van der Waals surface area contributed by atoms with Gasteiger partial charge in [-0.25, -0.2) is 0 Å². The zero-order valence-corrected chi connectivity index (χ0v) is 18.3. The van der Waals surface area contributed by atoms with Crippen molar-refractivity contribution in [2.45, 2.75) is 24.8 Å². The molecule has 2 aromatic carbocycles. The molecule has 162 valence electrons. The van der Waals surface area contributed by atoms with Gasteiger partial charge in [-0.2, -0.15) is 0 Å². The number of ether oxygens (including phenoxy) is 1. The van der Waals surface area contributed by atoms with Crippen LogP contribution in [0.3, 0.4) is 0 Å². The number of carbonyl (C=O) groups is 1. The van der Waals surface area contributed by atoms with Gasteiger partial charge in [-0.15, -0.1) is 12.4 Å². The zero-order valence-electron chi connectivity index (χ0n) is 17.5. The summed E-state index contributed by atoms with van der Waals surface area (Å²) in [5, 5.41) is 3.29. The van der Waals surface area contributed by atoms with Gasteiger partial charge in [0.05, 0.1) is 19.7 Å².